The number of ether oxygens (including phenoxy) is 1. The largest absolute Gasteiger partial charge is 0.496 e. The summed E-state index contributed by atoms with van der Waals surface area (Å²) in [4.78, 5) is 2.36. The number of likely N-dealkylation sites (tertiary alicyclic amines) is 1. The molecule has 0 amide bonds. The molecule has 3 heteroatoms. The van der Waals surface area contributed by atoms with Gasteiger partial charge in [-0.3, -0.25) is 4.90 Å². The van der Waals surface area contributed by atoms with Crippen LogP contribution in [-0.2, 0) is 0 Å². The molecule has 0 aromatic heterocycles. The summed E-state index contributed by atoms with van der Waals surface area (Å²) < 4.78 is 5.32. The van der Waals surface area contributed by atoms with Crippen LogP contribution in [0.3, 0.4) is 0 Å². The van der Waals surface area contributed by atoms with E-state index in [-0.39, 0.29) is 0 Å². The average Bonchev–Trinajstić information content (AvgIpc) is 2.37. The number of nitrogens with zero attached hydrogens (tertiary/aromatic N) is 1. The zero-order valence-electron chi connectivity index (χ0n) is 12.2. The van der Waals surface area contributed by atoms with Gasteiger partial charge in [0.1, 0.15) is 5.75 Å². The summed E-state index contributed by atoms with van der Waals surface area (Å²) in [6.07, 6.45) is 2.00. The van der Waals surface area contributed by atoms with Gasteiger partial charge >= 0.3 is 0 Å². The number of aliphatic hydroxyl groups is 1. The van der Waals surface area contributed by atoms with Gasteiger partial charge in [-0.1, -0.05) is 32.0 Å². The Morgan fingerprint density at radius 2 is 2.11 bits per heavy atom. The van der Waals surface area contributed by atoms with Gasteiger partial charge in [0.25, 0.3) is 0 Å². The Morgan fingerprint density at radius 1 is 1.37 bits per heavy atom. The fourth-order valence-corrected chi connectivity index (χ4v) is 2.99. The average molecular weight is 263 g/mol. The van der Waals surface area contributed by atoms with E-state index in [0.717, 1.165) is 24.4 Å². The SMILES string of the molecule is COc1ccccc1C(O)CN1CCCC(C)(C)C1. The van der Waals surface area contributed by atoms with Gasteiger partial charge in [-0.25, -0.2) is 0 Å². The van der Waals surface area contributed by atoms with Crippen LogP contribution < -0.4 is 4.74 Å². The van der Waals surface area contributed by atoms with Crippen molar-refractivity contribution in [1.29, 1.82) is 0 Å². The maximum atomic E-state index is 10.4. The highest BCUT2D eigenvalue weighted by Crippen LogP contribution is 2.31. The van der Waals surface area contributed by atoms with Crippen LogP contribution in [0.15, 0.2) is 24.3 Å². The zero-order chi connectivity index (χ0) is 13.9. The molecule has 1 atom stereocenters. The summed E-state index contributed by atoms with van der Waals surface area (Å²) >= 11 is 0. The molecule has 2 rings (SSSR count). The predicted molar refractivity (Wildman–Crippen MR) is 77.4 cm³/mol. The smallest absolute Gasteiger partial charge is 0.124 e. The minimum Gasteiger partial charge on any atom is -0.496 e. The Hall–Kier alpha value is -1.06. The standard InChI is InChI=1S/C16H25NO2/c1-16(2)9-6-10-17(12-16)11-14(18)13-7-4-5-8-15(13)19-3/h4-5,7-8,14,18H,6,9-12H2,1-3H3. The third-order valence-corrected chi connectivity index (χ3v) is 3.91. The maximum absolute atomic E-state index is 10.4. The fourth-order valence-electron chi connectivity index (χ4n) is 2.99. The topological polar surface area (TPSA) is 32.7 Å². The van der Waals surface area contributed by atoms with E-state index in [1.54, 1.807) is 7.11 Å². The Labute approximate surface area is 116 Å². The van der Waals surface area contributed by atoms with Crippen molar-refractivity contribution in [2.75, 3.05) is 26.7 Å². The molecule has 1 unspecified atom stereocenters. The second-order valence-electron chi connectivity index (χ2n) is 6.26. The number of para-hydroxylation sites is 1. The number of β-amino-alcohol motifs (C(OH)–C–C–N with tert-alkyl or cyclic N) is 1. The molecule has 0 radical (unpaired) electrons. The third kappa shape index (κ3) is 3.71. The van der Waals surface area contributed by atoms with Crippen molar-refractivity contribution in [2.24, 2.45) is 5.41 Å². The molecule has 1 aromatic carbocycles. The van der Waals surface area contributed by atoms with E-state index in [0.29, 0.717) is 12.0 Å². The number of aliphatic hydroxyl groups excluding tert-OH is 1. The van der Waals surface area contributed by atoms with Crippen molar-refractivity contribution in [1.82, 2.24) is 4.90 Å². The molecular weight excluding hydrogens is 238 g/mol. The Kier molecular flexibility index (Phi) is 4.48. The van der Waals surface area contributed by atoms with Crippen molar-refractivity contribution in [2.45, 2.75) is 32.8 Å². The van der Waals surface area contributed by atoms with E-state index in [1.807, 2.05) is 24.3 Å². The molecule has 0 aliphatic carbocycles. The number of rotatable bonds is 4. The monoisotopic (exact) mass is 263 g/mol. The summed E-state index contributed by atoms with van der Waals surface area (Å²) in [7, 11) is 1.65. The van der Waals surface area contributed by atoms with Gasteiger partial charge in [0.15, 0.2) is 0 Å². The van der Waals surface area contributed by atoms with Crippen LogP contribution >= 0.6 is 0 Å². The second-order valence-corrected chi connectivity index (χ2v) is 6.26. The first-order valence-corrected chi connectivity index (χ1v) is 7.05. The molecule has 1 aliphatic rings. The Bertz CT molecular complexity index is 417. The van der Waals surface area contributed by atoms with Crippen LogP contribution in [0.2, 0.25) is 0 Å². The first-order chi connectivity index (χ1) is 9.02. The molecule has 1 heterocycles. The van der Waals surface area contributed by atoms with Crippen LogP contribution in [0.25, 0.3) is 0 Å². The number of methoxy groups -OCH3 is 1. The minimum atomic E-state index is -0.481. The number of hydrogen-bond acceptors (Lipinski definition) is 3. The molecule has 1 aliphatic heterocycles. The Morgan fingerprint density at radius 3 is 2.79 bits per heavy atom. The summed E-state index contributed by atoms with van der Waals surface area (Å²) in [5.74, 6) is 0.770. The highest BCUT2D eigenvalue weighted by molar-refractivity contribution is 5.35. The van der Waals surface area contributed by atoms with Gasteiger partial charge in [0.2, 0.25) is 0 Å². The lowest BCUT2D eigenvalue weighted by Crippen LogP contribution is -2.42. The van der Waals surface area contributed by atoms with Crippen molar-refractivity contribution >= 4 is 0 Å². The van der Waals surface area contributed by atoms with Gasteiger partial charge in [-0.05, 0) is 30.9 Å². The molecule has 19 heavy (non-hydrogen) atoms. The lowest BCUT2D eigenvalue weighted by molar-refractivity contribution is 0.0588. The van der Waals surface area contributed by atoms with Crippen LogP contribution in [0.1, 0.15) is 38.4 Å². The third-order valence-electron chi connectivity index (χ3n) is 3.91. The summed E-state index contributed by atoms with van der Waals surface area (Å²) in [5, 5.41) is 10.4. The summed E-state index contributed by atoms with van der Waals surface area (Å²) in [5.41, 5.74) is 1.24. The summed E-state index contributed by atoms with van der Waals surface area (Å²) in [6, 6.07) is 7.72. The molecule has 1 saturated heterocycles. The van der Waals surface area contributed by atoms with E-state index in [2.05, 4.69) is 18.7 Å². The lowest BCUT2D eigenvalue weighted by atomic mass is 9.84. The van der Waals surface area contributed by atoms with Crippen LogP contribution in [0, 0.1) is 5.41 Å². The first-order valence-electron chi connectivity index (χ1n) is 7.05. The molecule has 0 spiro atoms. The van der Waals surface area contributed by atoms with E-state index >= 15 is 0 Å². The van der Waals surface area contributed by atoms with E-state index in [4.69, 9.17) is 4.74 Å². The number of hydrogen-bond donors (Lipinski definition) is 1. The fraction of sp³-hybridized carbons (Fsp3) is 0.625. The highest BCUT2D eigenvalue weighted by Gasteiger charge is 2.28. The summed E-state index contributed by atoms with van der Waals surface area (Å²) in [6.45, 7) is 7.42. The highest BCUT2D eigenvalue weighted by atomic mass is 16.5. The molecule has 0 saturated carbocycles. The van der Waals surface area contributed by atoms with Crippen LogP contribution in [0.5, 0.6) is 5.75 Å². The normalized spacial score (nSPS) is 21.1. The van der Waals surface area contributed by atoms with E-state index in [1.165, 1.54) is 12.8 Å². The van der Waals surface area contributed by atoms with Gasteiger partial charge in [0.05, 0.1) is 13.2 Å². The molecule has 1 N–H and O–H groups in total. The van der Waals surface area contributed by atoms with Gasteiger partial charge in [0, 0.05) is 18.7 Å². The molecular formula is C16H25NO2. The second kappa shape index (κ2) is 5.93. The molecule has 0 bridgehead atoms. The van der Waals surface area contributed by atoms with Gasteiger partial charge in [-0.15, -0.1) is 0 Å². The molecule has 1 fully saturated rings. The minimum absolute atomic E-state index is 0.360. The number of piperidine rings is 1. The van der Waals surface area contributed by atoms with Crippen molar-refractivity contribution in [3.63, 3.8) is 0 Å². The predicted octanol–water partition coefficient (Wildman–Crippen LogP) is 2.85. The first kappa shape index (κ1) is 14.4. The molecule has 106 valence electrons. The van der Waals surface area contributed by atoms with Gasteiger partial charge < -0.3 is 9.84 Å². The molecule has 1 aromatic rings. The number of benzene rings is 1. The van der Waals surface area contributed by atoms with Crippen molar-refractivity contribution in [3.05, 3.63) is 29.8 Å². The maximum Gasteiger partial charge on any atom is 0.124 e. The lowest BCUT2D eigenvalue weighted by Gasteiger charge is -2.39. The van der Waals surface area contributed by atoms with Crippen molar-refractivity contribution in [3.8, 4) is 5.75 Å². The molecule has 3 nitrogen and oxygen atoms in total. The van der Waals surface area contributed by atoms with Crippen LogP contribution in [-0.4, -0.2) is 36.8 Å². The van der Waals surface area contributed by atoms with Crippen LogP contribution in [0.4, 0.5) is 0 Å². The van der Waals surface area contributed by atoms with E-state index < -0.39 is 6.10 Å². The quantitative estimate of drug-likeness (QED) is 0.906. The Balaban J connectivity index is 2.02. The van der Waals surface area contributed by atoms with Crippen molar-refractivity contribution < 1.29 is 9.84 Å². The zero-order valence-corrected chi connectivity index (χ0v) is 12.2. The van der Waals surface area contributed by atoms with E-state index in [9.17, 15) is 5.11 Å². The van der Waals surface area contributed by atoms with Gasteiger partial charge in [-0.2, -0.15) is 0 Å².